The Hall–Kier alpha value is -3.48. The van der Waals surface area contributed by atoms with Gasteiger partial charge in [-0.3, -0.25) is 4.98 Å². The summed E-state index contributed by atoms with van der Waals surface area (Å²) in [5.74, 6) is 0.290. The van der Waals surface area contributed by atoms with Crippen molar-refractivity contribution in [3.05, 3.63) is 64.2 Å². The molecule has 0 unspecified atom stereocenters. The summed E-state index contributed by atoms with van der Waals surface area (Å²) >= 11 is 6.98. The number of anilines is 1. The fourth-order valence-corrected chi connectivity index (χ4v) is 6.02. The maximum atomic E-state index is 16.0. The molecule has 1 aliphatic heterocycles. The van der Waals surface area contributed by atoms with E-state index < -0.39 is 11.2 Å². The van der Waals surface area contributed by atoms with Crippen molar-refractivity contribution in [2.45, 2.75) is 44.9 Å². The molecule has 0 bridgehead atoms. The second kappa shape index (κ2) is 8.08. The number of nitrogens with zero attached hydrogens (tertiary/aromatic N) is 4. The molecule has 1 fully saturated rings. The number of aromatic nitrogens is 2. The zero-order valence-corrected chi connectivity index (χ0v) is 19.8. The van der Waals surface area contributed by atoms with Crippen molar-refractivity contribution >= 4 is 17.4 Å². The summed E-state index contributed by atoms with van der Waals surface area (Å²) in [5.41, 5.74) is 3.55. The molecule has 2 atom stereocenters. The smallest absolute Gasteiger partial charge is 0.140 e. The average molecular weight is 472 g/mol. The van der Waals surface area contributed by atoms with Gasteiger partial charge < -0.3 is 5.32 Å². The molecule has 0 amide bonds. The molecule has 5 rings (SSSR count). The van der Waals surface area contributed by atoms with E-state index in [4.69, 9.17) is 16.9 Å². The van der Waals surface area contributed by atoms with Crippen LogP contribution < -0.4 is 5.32 Å². The molecule has 3 heterocycles. The second-order valence-corrected chi connectivity index (χ2v) is 10.0. The van der Waals surface area contributed by atoms with E-state index in [0.717, 1.165) is 29.5 Å². The molecule has 3 aromatic rings. The van der Waals surface area contributed by atoms with Gasteiger partial charge in [0, 0.05) is 46.6 Å². The van der Waals surface area contributed by atoms with Gasteiger partial charge in [0.2, 0.25) is 0 Å². The molecule has 5 nitrogen and oxygen atoms in total. The van der Waals surface area contributed by atoms with Gasteiger partial charge in [0.25, 0.3) is 0 Å². The molecule has 1 spiro atoms. The molecular weight excluding hydrogens is 449 g/mol. The van der Waals surface area contributed by atoms with E-state index in [1.165, 1.54) is 0 Å². The summed E-state index contributed by atoms with van der Waals surface area (Å²) in [6.07, 6.45) is 5.77. The lowest BCUT2D eigenvalue weighted by Gasteiger charge is -2.26. The average Bonchev–Trinajstić information content (AvgIpc) is 3.37. The highest BCUT2D eigenvalue weighted by atomic mass is 35.5. The first-order chi connectivity index (χ1) is 16.3. The third kappa shape index (κ3) is 3.33. The van der Waals surface area contributed by atoms with Crippen LogP contribution in [0.2, 0.25) is 5.02 Å². The highest BCUT2D eigenvalue weighted by Gasteiger charge is 2.52. The van der Waals surface area contributed by atoms with Gasteiger partial charge in [-0.1, -0.05) is 23.7 Å². The zero-order valence-electron chi connectivity index (χ0n) is 19.0. The first-order valence-corrected chi connectivity index (χ1v) is 11.6. The minimum absolute atomic E-state index is 0.236. The summed E-state index contributed by atoms with van der Waals surface area (Å²) in [5, 5.41) is 22.6. The van der Waals surface area contributed by atoms with Crippen LogP contribution >= 0.6 is 11.6 Å². The van der Waals surface area contributed by atoms with Crippen LogP contribution in [0.4, 0.5) is 10.2 Å². The first kappa shape index (κ1) is 22.3. The maximum absolute atomic E-state index is 16.0. The molecule has 0 radical (unpaired) electrons. The Kier molecular flexibility index (Phi) is 5.30. The zero-order chi connectivity index (χ0) is 24.1. The predicted octanol–water partition coefficient (Wildman–Crippen LogP) is 6.35. The van der Waals surface area contributed by atoms with Gasteiger partial charge in [0.1, 0.15) is 11.6 Å². The molecule has 1 aliphatic carbocycles. The number of nitrogens with one attached hydrogen (secondary N) is 1. The molecule has 0 saturated heterocycles. The molecule has 170 valence electrons. The van der Waals surface area contributed by atoms with Gasteiger partial charge in [-0.25, -0.2) is 9.37 Å². The Morgan fingerprint density at radius 2 is 1.94 bits per heavy atom. The van der Waals surface area contributed by atoms with Crippen LogP contribution in [0.15, 0.2) is 36.7 Å². The Labute approximate surface area is 203 Å². The van der Waals surface area contributed by atoms with E-state index in [1.807, 2.05) is 13.8 Å². The first-order valence-electron chi connectivity index (χ1n) is 11.3. The summed E-state index contributed by atoms with van der Waals surface area (Å²) < 4.78 is 16.0. The Bertz CT molecular complexity index is 1410. The van der Waals surface area contributed by atoms with Crippen molar-refractivity contribution in [1.29, 1.82) is 10.5 Å². The van der Waals surface area contributed by atoms with Crippen LogP contribution in [0.1, 0.15) is 42.9 Å². The molecule has 1 saturated carbocycles. The van der Waals surface area contributed by atoms with Crippen molar-refractivity contribution in [1.82, 2.24) is 9.97 Å². The number of hydrogen-bond acceptors (Lipinski definition) is 5. The Morgan fingerprint density at radius 3 is 2.68 bits per heavy atom. The van der Waals surface area contributed by atoms with Gasteiger partial charge in [-0.2, -0.15) is 10.5 Å². The number of rotatable bonds is 3. The highest BCUT2D eigenvalue weighted by molar-refractivity contribution is 6.34. The van der Waals surface area contributed by atoms with Gasteiger partial charge in [0.15, 0.2) is 0 Å². The lowest BCUT2D eigenvalue weighted by molar-refractivity contribution is 0.404. The van der Waals surface area contributed by atoms with E-state index in [9.17, 15) is 5.26 Å². The molecule has 7 heteroatoms. The minimum Gasteiger partial charge on any atom is -0.369 e. The van der Waals surface area contributed by atoms with Gasteiger partial charge in [-0.05, 0) is 56.4 Å². The summed E-state index contributed by atoms with van der Waals surface area (Å²) in [7, 11) is 0. The second-order valence-electron chi connectivity index (χ2n) is 9.64. The van der Waals surface area contributed by atoms with E-state index >= 15 is 4.39 Å². The van der Waals surface area contributed by atoms with Crippen molar-refractivity contribution in [3.8, 4) is 34.5 Å². The molecule has 34 heavy (non-hydrogen) atoms. The lowest BCUT2D eigenvalue weighted by atomic mass is 9.77. The van der Waals surface area contributed by atoms with Crippen LogP contribution in [0.25, 0.3) is 22.4 Å². The van der Waals surface area contributed by atoms with Gasteiger partial charge >= 0.3 is 0 Å². The van der Waals surface area contributed by atoms with Crippen LogP contribution in [0, 0.1) is 40.8 Å². The maximum Gasteiger partial charge on any atom is 0.140 e. The molecule has 1 N–H and O–H groups in total. The number of halogens is 2. The van der Waals surface area contributed by atoms with Crippen molar-refractivity contribution < 1.29 is 4.39 Å². The quantitative estimate of drug-likeness (QED) is 0.480. The third-order valence-electron chi connectivity index (χ3n) is 7.42. The fourth-order valence-electron chi connectivity index (χ4n) is 5.58. The van der Waals surface area contributed by atoms with Crippen molar-refractivity contribution in [2.24, 2.45) is 5.41 Å². The summed E-state index contributed by atoms with van der Waals surface area (Å²) in [6, 6.07) is 11.6. The van der Waals surface area contributed by atoms with Crippen molar-refractivity contribution in [3.63, 3.8) is 0 Å². The Balaban J connectivity index is 1.63. The SMILES string of the molecule is Cc1c(CC#N)ccnc1-c1cccc(-c2cnc3c(c2Cl)[C@@]2(CC[C@](C)(C#N)C2)CN3)c1F. The number of hydrogen-bond donors (Lipinski definition) is 1. The van der Waals surface area contributed by atoms with Crippen LogP contribution in [-0.4, -0.2) is 16.5 Å². The van der Waals surface area contributed by atoms with Gasteiger partial charge in [0.05, 0.1) is 34.7 Å². The molecule has 2 aromatic heterocycles. The monoisotopic (exact) mass is 471 g/mol. The van der Waals surface area contributed by atoms with Gasteiger partial charge in [-0.15, -0.1) is 0 Å². The number of nitriles is 2. The van der Waals surface area contributed by atoms with Crippen LogP contribution in [0.5, 0.6) is 0 Å². The van der Waals surface area contributed by atoms with Crippen LogP contribution in [0.3, 0.4) is 0 Å². The van der Waals surface area contributed by atoms with Crippen LogP contribution in [-0.2, 0) is 11.8 Å². The van der Waals surface area contributed by atoms with Crippen molar-refractivity contribution in [2.75, 3.05) is 11.9 Å². The van der Waals surface area contributed by atoms with E-state index in [0.29, 0.717) is 46.2 Å². The lowest BCUT2D eigenvalue weighted by Crippen LogP contribution is -2.27. The number of fused-ring (bicyclic) bond motifs is 2. The fraction of sp³-hybridized carbons (Fsp3) is 0.333. The number of pyridine rings is 2. The topological polar surface area (TPSA) is 85.4 Å². The molecule has 1 aromatic carbocycles. The highest BCUT2D eigenvalue weighted by Crippen LogP contribution is 2.57. The normalized spacial score (nSPS) is 22.8. The summed E-state index contributed by atoms with van der Waals surface area (Å²) in [4.78, 5) is 9.00. The standard InChI is InChI=1S/C27H23ClFN5/c1-16-17(6-10-30)7-11-32-24(16)19-5-3-4-18(23(19)29)20-12-33-25-21(22(20)28)27(15-34-25)9-8-26(2,13-27)14-31/h3-5,7,11-12H,6,8-9,13,15H2,1-2H3,(H,33,34)/t26-,27+/m0/s1. The van der Waals surface area contributed by atoms with E-state index in [-0.39, 0.29) is 11.8 Å². The third-order valence-corrected chi connectivity index (χ3v) is 7.82. The Morgan fingerprint density at radius 1 is 1.15 bits per heavy atom. The number of benzene rings is 1. The minimum atomic E-state index is -0.427. The van der Waals surface area contributed by atoms with E-state index in [2.05, 4.69) is 27.4 Å². The largest absolute Gasteiger partial charge is 0.369 e. The summed E-state index contributed by atoms with van der Waals surface area (Å²) in [6.45, 7) is 4.52. The predicted molar refractivity (Wildman–Crippen MR) is 130 cm³/mol. The molecular formula is C27H23ClFN5. The van der Waals surface area contributed by atoms with E-state index in [1.54, 1.807) is 36.7 Å². The molecule has 2 aliphatic rings.